The molecule has 0 aromatic heterocycles. The Kier molecular flexibility index (Phi) is 2.76. The summed E-state index contributed by atoms with van der Waals surface area (Å²) in [5.41, 5.74) is 0.805. The first kappa shape index (κ1) is 11.0. The number of fused-ring (bicyclic) bond motifs is 1. The van der Waals surface area contributed by atoms with Crippen LogP contribution in [0.2, 0.25) is 5.02 Å². The van der Waals surface area contributed by atoms with Gasteiger partial charge in [0.15, 0.2) is 11.5 Å². The third kappa shape index (κ3) is 1.81. The number of hydrogen-bond donors (Lipinski definition) is 2. The van der Waals surface area contributed by atoms with Crippen molar-refractivity contribution in [1.82, 2.24) is 5.32 Å². The molecule has 1 aromatic rings. The molecule has 0 spiro atoms. The van der Waals surface area contributed by atoms with E-state index in [2.05, 4.69) is 5.32 Å². The first-order valence-corrected chi connectivity index (χ1v) is 6.19. The number of hydrogen-bond acceptors (Lipinski definition) is 4. The minimum absolute atomic E-state index is 0.107. The van der Waals surface area contributed by atoms with E-state index in [0.717, 1.165) is 24.9 Å². The van der Waals surface area contributed by atoms with Crippen LogP contribution >= 0.6 is 11.6 Å². The van der Waals surface area contributed by atoms with Crippen LogP contribution < -0.4 is 14.8 Å². The number of nitrogens with one attached hydrogen (secondary N) is 1. The highest BCUT2D eigenvalue weighted by molar-refractivity contribution is 6.34. The molecule has 4 nitrogen and oxygen atoms in total. The molecule has 2 heterocycles. The van der Waals surface area contributed by atoms with Crippen molar-refractivity contribution in [3.63, 3.8) is 0 Å². The van der Waals surface area contributed by atoms with Gasteiger partial charge in [0, 0.05) is 11.6 Å². The molecular formula is C12H14ClNO3. The molecule has 1 unspecified atom stereocenters. The van der Waals surface area contributed by atoms with Crippen molar-refractivity contribution in [1.29, 1.82) is 0 Å². The average Bonchev–Trinajstić information content (AvgIpc) is 2.83. The van der Waals surface area contributed by atoms with E-state index in [-0.39, 0.29) is 23.6 Å². The van der Waals surface area contributed by atoms with Gasteiger partial charge in [-0.05, 0) is 25.5 Å². The van der Waals surface area contributed by atoms with Gasteiger partial charge in [0.2, 0.25) is 6.79 Å². The highest BCUT2D eigenvalue weighted by Crippen LogP contribution is 2.48. The maximum Gasteiger partial charge on any atom is 0.231 e. The lowest BCUT2D eigenvalue weighted by Gasteiger charge is -2.25. The Labute approximate surface area is 104 Å². The molecule has 17 heavy (non-hydrogen) atoms. The second-order valence-corrected chi connectivity index (χ2v) is 4.74. The van der Waals surface area contributed by atoms with E-state index < -0.39 is 0 Å². The summed E-state index contributed by atoms with van der Waals surface area (Å²) in [7, 11) is 0. The standard InChI is InChI=1S/C12H14ClNO3/c13-10-11(15)7(8-3-1-2-4-14-8)5-9-12(10)17-6-16-9/h5,8,14-15H,1-4,6H2. The summed E-state index contributed by atoms with van der Waals surface area (Å²) in [6, 6.07) is 1.97. The Bertz CT molecular complexity index is 444. The van der Waals surface area contributed by atoms with Crippen molar-refractivity contribution in [2.24, 2.45) is 0 Å². The molecule has 3 rings (SSSR count). The molecule has 0 aliphatic carbocycles. The van der Waals surface area contributed by atoms with Crippen LogP contribution in [0.4, 0.5) is 0 Å². The van der Waals surface area contributed by atoms with Gasteiger partial charge in [0.25, 0.3) is 0 Å². The Hall–Kier alpha value is -1.13. The Morgan fingerprint density at radius 3 is 3.00 bits per heavy atom. The normalized spacial score (nSPS) is 22.8. The first-order valence-electron chi connectivity index (χ1n) is 5.81. The maximum atomic E-state index is 10.1. The quantitative estimate of drug-likeness (QED) is 0.810. The summed E-state index contributed by atoms with van der Waals surface area (Å²) < 4.78 is 10.5. The fraction of sp³-hybridized carbons (Fsp3) is 0.500. The number of rotatable bonds is 1. The fourth-order valence-corrected chi connectivity index (χ4v) is 2.65. The second kappa shape index (κ2) is 4.27. The monoisotopic (exact) mass is 255 g/mol. The van der Waals surface area contributed by atoms with Gasteiger partial charge in [0.05, 0.1) is 0 Å². The van der Waals surface area contributed by atoms with Gasteiger partial charge in [0.1, 0.15) is 10.8 Å². The van der Waals surface area contributed by atoms with Crippen molar-refractivity contribution in [3.05, 3.63) is 16.7 Å². The lowest BCUT2D eigenvalue weighted by molar-refractivity contribution is 0.174. The van der Waals surface area contributed by atoms with Crippen molar-refractivity contribution in [2.75, 3.05) is 13.3 Å². The zero-order valence-electron chi connectivity index (χ0n) is 9.33. The van der Waals surface area contributed by atoms with E-state index in [1.807, 2.05) is 6.07 Å². The van der Waals surface area contributed by atoms with Crippen LogP contribution in [0.15, 0.2) is 6.07 Å². The third-order valence-electron chi connectivity index (χ3n) is 3.29. The van der Waals surface area contributed by atoms with Crippen molar-refractivity contribution in [3.8, 4) is 17.2 Å². The lowest BCUT2D eigenvalue weighted by atomic mass is 9.96. The van der Waals surface area contributed by atoms with Gasteiger partial charge in [-0.3, -0.25) is 0 Å². The second-order valence-electron chi connectivity index (χ2n) is 4.36. The average molecular weight is 256 g/mol. The van der Waals surface area contributed by atoms with Gasteiger partial charge in [-0.25, -0.2) is 0 Å². The van der Waals surface area contributed by atoms with Crippen LogP contribution in [0, 0.1) is 0 Å². The predicted octanol–water partition coefficient (Wildman–Crippen LogP) is 2.59. The van der Waals surface area contributed by atoms with Crippen LogP contribution in [0.1, 0.15) is 30.9 Å². The molecule has 92 valence electrons. The van der Waals surface area contributed by atoms with Gasteiger partial charge in [-0.2, -0.15) is 0 Å². The molecule has 0 radical (unpaired) electrons. The number of phenols is 1. The van der Waals surface area contributed by atoms with Crippen LogP contribution in [0.25, 0.3) is 0 Å². The Morgan fingerprint density at radius 1 is 1.35 bits per heavy atom. The van der Waals surface area contributed by atoms with E-state index in [1.165, 1.54) is 6.42 Å². The van der Waals surface area contributed by atoms with E-state index >= 15 is 0 Å². The molecule has 1 aromatic carbocycles. The molecule has 1 atom stereocenters. The molecule has 5 heteroatoms. The number of phenolic OH excluding ortho intramolecular Hbond substituents is 1. The Balaban J connectivity index is 2.01. The topological polar surface area (TPSA) is 50.7 Å². The SMILES string of the molecule is Oc1c(C2CCCCN2)cc2c(c1Cl)OCO2. The molecule has 2 aliphatic heterocycles. The maximum absolute atomic E-state index is 10.1. The van der Waals surface area contributed by atoms with Crippen LogP contribution in [-0.4, -0.2) is 18.4 Å². The van der Waals surface area contributed by atoms with Crippen LogP contribution in [0.5, 0.6) is 17.2 Å². The van der Waals surface area contributed by atoms with Crippen molar-refractivity contribution >= 4 is 11.6 Å². The number of halogens is 1. The van der Waals surface area contributed by atoms with Gasteiger partial charge in [-0.15, -0.1) is 0 Å². The number of aromatic hydroxyl groups is 1. The molecule has 0 amide bonds. The minimum Gasteiger partial charge on any atom is -0.506 e. The van der Waals surface area contributed by atoms with Crippen molar-refractivity contribution < 1.29 is 14.6 Å². The fourth-order valence-electron chi connectivity index (χ4n) is 2.39. The van der Waals surface area contributed by atoms with Crippen LogP contribution in [-0.2, 0) is 0 Å². The minimum atomic E-state index is 0.107. The molecule has 0 bridgehead atoms. The molecule has 1 saturated heterocycles. The van der Waals surface area contributed by atoms with E-state index in [4.69, 9.17) is 21.1 Å². The molecule has 2 aliphatic rings. The first-order chi connectivity index (χ1) is 8.27. The zero-order chi connectivity index (χ0) is 11.8. The number of ether oxygens (including phenoxy) is 2. The zero-order valence-corrected chi connectivity index (χ0v) is 10.1. The molecular weight excluding hydrogens is 242 g/mol. The summed E-state index contributed by atoms with van der Waals surface area (Å²) in [5.74, 6) is 1.18. The highest BCUT2D eigenvalue weighted by Gasteiger charge is 2.27. The smallest absolute Gasteiger partial charge is 0.231 e. The highest BCUT2D eigenvalue weighted by atomic mass is 35.5. The summed E-state index contributed by atoms with van der Waals surface area (Å²) in [4.78, 5) is 0. The molecule has 0 saturated carbocycles. The van der Waals surface area contributed by atoms with E-state index in [0.29, 0.717) is 11.5 Å². The van der Waals surface area contributed by atoms with E-state index in [1.54, 1.807) is 0 Å². The molecule has 2 N–H and O–H groups in total. The summed E-state index contributed by atoms with van der Waals surface area (Å²) in [6.45, 7) is 1.13. The summed E-state index contributed by atoms with van der Waals surface area (Å²) in [6.07, 6.45) is 3.34. The van der Waals surface area contributed by atoms with E-state index in [9.17, 15) is 5.11 Å². The summed E-state index contributed by atoms with van der Waals surface area (Å²) >= 11 is 6.08. The third-order valence-corrected chi connectivity index (χ3v) is 3.65. The van der Waals surface area contributed by atoms with Crippen LogP contribution in [0.3, 0.4) is 0 Å². The predicted molar refractivity (Wildman–Crippen MR) is 63.8 cm³/mol. The van der Waals surface area contributed by atoms with Gasteiger partial charge < -0.3 is 19.9 Å². The molecule has 1 fully saturated rings. The number of benzene rings is 1. The largest absolute Gasteiger partial charge is 0.506 e. The number of piperidine rings is 1. The van der Waals surface area contributed by atoms with Gasteiger partial charge in [-0.1, -0.05) is 18.0 Å². The van der Waals surface area contributed by atoms with Crippen molar-refractivity contribution in [2.45, 2.75) is 25.3 Å². The Morgan fingerprint density at radius 2 is 2.24 bits per heavy atom. The summed E-state index contributed by atoms with van der Waals surface area (Å²) in [5, 5.41) is 13.7. The van der Waals surface area contributed by atoms with Gasteiger partial charge >= 0.3 is 0 Å². The lowest BCUT2D eigenvalue weighted by Crippen LogP contribution is -2.26.